The van der Waals surface area contributed by atoms with E-state index in [1.165, 1.54) is 5.56 Å². The molecule has 5 heterocycles. The van der Waals surface area contributed by atoms with E-state index in [1.807, 2.05) is 42.5 Å². The molecule has 2 N–H and O–H groups in total. The summed E-state index contributed by atoms with van der Waals surface area (Å²) in [5.41, 5.74) is 9.55. The van der Waals surface area contributed by atoms with Gasteiger partial charge >= 0.3 is 0 Å². The number of aromatic amines is 2. The molecule has 0 atom stereocenters. The van der Waals surface area contributed by atoms with E-state index in [0.717, 1.165) is 44.8 Å². The van der Waals surface area contributed by atoms with Gasteiger partial charge in [0.25, 0.3) is 0 Å². The van der Waals surface area contributed by atoms with E-state index in [-0.39, 0.29) is 0 Å². The summed E-state index contributed by atoms with van der Waals surface area (Å²) in [6.07, 6.45) is 8.05. The third kappa shape index (κ3) is 5.24. The molecule has 0 fully saturated rings. The molecule has 0 saturated heterocycles. The molecule has 4 nitrogen and oxygen atoms in total. The van der Waals surface area contributed by atoms with Gasteiger partial charge in [0, 0.05) is 22.1 Å². The summed E-state index contributed by atoms with van der Waals surface area (Å²) in [6.45, 7) is 6.67. The smallest absolute Gasteiger partial charge is 0.0659 e. The second-order valence-corrected chi connectivity index (χ2v) is 9.52. The molecule has 0 unspecified atom stereocenters. The van der Waals surface area contributed by atoms with Crippen LogP contribution >= 0.6 is 0 Å². The molecule has 0 saturated carbocycles. The number of hydrogen-bond donors (Lipinski definition) is 2. The molecule has 0 spiro atoms. The van der Waals surface area contributed by atoms with Crippen LogP contribution in [0.3, 0.4) is 0 Å². The van der Waals surface area contributed by atoms with Gasteiger partial charge in [-0.3, -0.25) is 0 Å². The Morgan fingerprint density at radius 2 is 0.912 bits per heavy atom. The van der Waals surface area contributed by atoms with Gasteiger partial charge in [-0.05, 0) is 83.8 Å². The number of nitrogens with one attached hydrogen (secondary N) is 2. The van der Waals surface area contributed by atoms with Crippen LogP contribution in [0.15, 0.2) is 78.9 Å². The lowest BCUT2D eigenvalue weighted by molar-refractivity contribution is 0.590. The maximum Gasteiger partial charge on any atom is 0.0659 e. The van der Waals surface area contributed by atoms with Crippen molar-refractivity contribution >= 4 is 46.4 Å². The average Bonchev–Trinajstić information content (AvgIpc) is 3.60. The highest BCUT2D eigenvalue weighted by Crippen LogP contribution is 2.21. The summed E-state index contributed by atoms with van der Waals surface area (Å²) in [7, 11) is 0. The van der Waals surface area contributed by atoms with Crippen LogP contribution in [0, 0.1) is 0 Å². The van der Waals surface area contributed by atoms with Crippen molar-refractivity contribution in [2.45, 2.75) is 26.2 Å². The minimum Gasteiger partial charge on any atom is -0.355 e. The Labute approximate surface area is 199 Å². The first-order chi connectivity index (χ1) is 16.4. The van der Waals surface area contributed by atoms with Crippen LogP contribution in [0.4, 0.5) is 0 Å². The van der Waals surface area contributed by atoms with Gasteiger partial charge in [-0.2, -0.15) is 0 Å². The molecule has 1 aromatic carbocycles. The van der Waals surface area contributed by atoms with Gasteiger partial charge in [-0.25, -0.2) is 9.97 Å². The van der Waals surface area contributed by atoms with Gasteiger partial charge < -0.3 is 9.97 Å². The van der Waals surface area contributed by atoms with Crippen molar-refractivity contribution in [3.8, 4) is 0 Å². The van der Waals surface area contributed by atoms with Crippen LogP contribution in [0.2, 0.25) is 0 Å². The summed E-state index contributed by atoms with van der Waals surface area (Å²) < 4.78 is 0. The topological polar surface area (TPSA) is 57.4 Å². The van der Waals surface area contributed by atoms with Crippen molar-refractivity contribution in [2.24, 2.45) is 0 Å². The number of hydrogen-bond acceptors (Lipinski definition) is 2. The molecule has 0 aliphatic carbocycles. The van der Waals surface area contributed by atoms with E-state index in [2.05, 4.69) is 101 Å². The second kappa shape index (κ2) is 8.99. The van der Waals surface area contributed by atoms with Gasteiger partial charge in [0.1, 0.15) is 0 Å². The fourth-order valence-electron chi connectivity index (χ4n) is 3.88. The number of aromatic nitrogens is 4. The van der Waals surface area contributed by atoms with Gasteiger partial charge in [-0.1, -0.05) is 51.1 Å². The Bertz CT molecular complexity index is 1440. The number of H-pyrrole nitrogens is 2. The largest absolute Gasteiger partial charge is 0.355 e. The molecule has 4 aromatic rings. The molecule has 8 bridgehead atoms. The zero-order valence-electron chi connectivity index (χ0n) is 19.7. The van der Waals surface area contributed by atoms with E-state index >= 15 is 0 Å². The lowest BCUT2D eigenvalue weighted by Gasteiger charge is -2.18. The highest BCUT2D eigenvalue weighted by Gasteiger charge is 2.11. The molecule has 3 aromatic heterocycles. The van der Waals surface area contributed by atoms with Gasteiger partial charge in [0.2, 0.25) is 0 Å². The molecule has 4 heteroatoms. The van der Waals surface area contributed by atoms with Crippen LogP contribution in [0.25, 0.3) is 46.4 Å². The predicted octanol–water partition coefficient (Wildman–Crippen LogP) is 7.64. The third-order valence-corrected chi connectivity index (χ3v) is 5.68. The molecule has 6 rings (SSSR count). The molecule has 2 aliphatic heterocycles. The van der Waals surface area contributed by atoms with Gasteiger partial charge in [0.05, 0.1) is 22.8 Å². The fourth-order valence-corrected chi connectivity index (χ4v) is 3.88. The molecular formula is C30H28N4. The van der Waals surface area contributed by atoms with E-state index in [9.17, 15) is 0 Å². The Morgan fingerprint density at radius 1 is 0.500 bits per heavy atom. The van der Waals surface area contributed by atoms with Gasteiger partial charge in [-0.15, -0.1) is 0 Å². The lowest BCUT2D eigenvalue weighted by atomic mass is 9.87. The van der Waals surface area contributed by atoms with Gasteiger partial charge in [0.15, 0.2) is 0 Å². The summed E-state index contributed by atoms with van der Waals surface area (Å²) in [5.74, 6) is 0. The highest BCUT2D eigenvalue weighted by molar-refractivity contribution is 5.77. The molecule has 0 radical (unpaired) electrons. The summed E-state index contributed by atoms with van der Waals surface area (Å²) in [4.78, 5) is 16.0. The maximum atomic E-state index is 4.62. The maximum absolute atomic E-state index is 4.62. The quantitative estimate of drug-likeness (QED) is 0.253. The van der Waals surface area contributed by atoms with E-state index in [4.69, 9.17) is 0 Å². The SMILES string of the molecule is C1=Cc2cc3ccc(cc4ccc(cc5nc(cc1n2)C=C5)[nH]4)[nH]3.CC(C)(C)c1ccccc1. The average molecular weight is 445 g/mol. The van der Waals surface area contributed by atoms with E-state index < -0.39 is 0 Å². The van der Waals surface area contributed by atoms with Crippen molar-refractivity contribution in [3.05, 3.63) is 107 Å². The molecule has 168 valence electrons. The number of rotatable bonds is 0. The van der Waals surface area contributed by atoms with Crippen LogP contribution in [0.1, 0.15) is 49.1 Å². The minimum atomic E-state index is 0.293. The van der Waals surface area contributed by atoms with Crippen LogP contribution in [0.5, 0.6) is 0 Å². The molecule has 2 aliphatic rings. The Morgan fingerprint density at radius 3 is 1.32 bits per heavy atom. The van der Waals surface area contributed by atoms with Crippen molar-refractivity contribution < 1.29 is 0 Å². The monoisotopic (exact) mass is 444 g/mol. The molecule has 0 amide bonds. The number of benzene rings is 1. The highest BCUT2D eigenvalue weighted by atomic mass is 14.8. The van der Waals surface area contributed by atoms with Crippen molar-refractivity contribution in [2.75, 3.05) is 0 Å². The van der Waals surface area contributed by atoms with Crippen LogP contribution < -0.4 is 0 Å². The Kier molecular flexibility index (Phi) is 5.72. The Balaban J connectivity index is 0.000000204. The van der Waals surface area contributed by atoms with Crippen LogP contribution in [-0.4, -0.2) is 19.9 Å². The van der Waals surface area contributed by atoms with E-state index in [0.29, 0.717) is 5.41 Å². The van der Waals surface area contributed by atoms with Crippen molar-refractivity contribution in [1.82, 2.24) is 19.9 Å². The Hall–Kier alpha value is -4.18. The zero-order chi connectivity index (χ0) is 23.5. The minimum absolute atomic E-state index is 0.293. The summed E-state index contributed by atoms with van der Waals surface area (Å²) in [5, 5.41) is 0. The number of nitrogens with zero attached hydrogens (tertiary/aromatic N) is 2. The number of fused-ring (bicyclic) bond motifs is 8. The second-order valence-electron chi connectivity index (χ2n) is 9.52. The fraction of sp³-hybridized carbons (Fsp3) is 0.133. The third-order valence-electron chi connectivity index (χ3n) is 5.68. The normalized spacial score (nSPS) is 12.3. The van der Waals surface area contributed by atoms with Crippen molar-refractivity contribution in [3.63, 3.8) is 0 Å². The van der Waals surface area contributed by atoms with Crippen molar-refractivity contribution in [1.29, 1.82) is 0 Å². The first-order valence-corrected chi connectivity index (χ1v) is 11.5. The lowest BCUT2D eigenvalue weighted by Crippen LogP contribution is -2.10. The molecular weight excluding hydrogens is 416 g/mol. The van der Waals surface area contributed by atoms with Crippen LogP contribution in [-0.2, 0) is 5.41 Å². The van der Waals surface area contributed by atoms with E-state index in [1.54, 1.807) is 0 Å². The summed E-state index contributed by atoms with van der Waals surface area (Å²) in [6, 6.07) is 27.0. The first kappa shape index (κ1) is 21.7. The summed E-state index contributed by atoms with van der Waals surface area (Å²) >= 11 is 0. The molecule has 34 heavy (non-hydrogen) atoms. The first-order valence-electron chi connectivity index (χ1n) is 11.5. The predicted molar refractivity (Wildman–Crippen MR) is 144 cm³/mol. The zero-order valence-corrected chi connectivity index (χ0v) is 19.7. The standard InChI is InChI=1S/C20H14N4.C10H14/c1-2-14-10-16-5-6-18(23-16)12-20-8-7-19(24-20)11-17-4-3-15(22-17)9-13(1)21-14;1-10(2,3)9-7-5-4-6-8-9/h1-12,21-22H;4-8H,1-3H3.